The smallest absolute Gasteiger partial charge is 0.408 e. The molecule has 1 aromatic heterocycles. The zero-order chi connectivity index (χ0) is 42.5. The molecule has 0 aliphatic carbocycles. The van der Waals surface area contributed by atoms with Gasteiger partial charge in [0.25, 0.3) is 0 Å². The number of pyridine rings is 1. The molecule has 14 nitrogen and oxygen atoms in total. The predicted octanol–water partition coefficient (Wildman–Crippen LogP) is 4.62. The Morgan fingerprint density at radius 3 is 2.45 bits per heavy atom. The molecule has 2 aromatic rings. The van der Waals surface area contributed by atoms with Crippen LogP contribution in [0.3, 0.4) is 0 Å². The van der Waals surface area contributed by atoms with Crippen LogP contribution in [0.25, 0.3) is 10.9 Å². The molecule has 0 saturated carbocycles. The van der Waals surface area contributed by atoms with Crippen LogP contribution in [0.4, 0.5) is 4.79 Å². The molecule has 322 valence electrons. The first kappa shape index (κ1) is 45.6. The number of cyclic esters (lactones) is 1. The van der Waals surface area contributed by atoms with Crippen molar-refractivity contribution in [2.45, 2.75) is 141 Å². The van der Waals surface area contributed by atoms with E-state index in [9.17, 15) is 24.3 Å². The highest BCUT2D eigenvalue weighted by Gasteiger charge is 2.57. The summed E-state index contributed by atoms with van der Waals surface area (Å²) >= 11 is 0. The van der Waals surface area contributed by atoms with Gasteiger partial charge in [0.05, 0.1) is 36.0 Å². The minimum atomic E-state index is -1.37. The highest BCUT2D eigenvalue weighted by Crippen LogP contribution is 2.40. The second kappa shape index (κ2) is 19.2. The maximum Gasteiger partial charge on any atom is 0.408 e. The van der Waals surface area contributed by atoms with Crippen molar-refractivity contribution < 1.29 is 48.0 Å². The van der Waals surface area contributed by atoms with Crippen LogP contribution >= 0.6 is 0 Å². The molecule has 0 bridgehead atoms. The molecule has 0 radical (unpaired) electrons. The maximum absolute atomic E-state index is 14.4. The Morgan fingerprint density at radius 2 is 1.74 bits per heavy atom. The number of aliphatic hydroxyl groups is 1. The van der Waals surface area contributed by atoms with Crippen LogP contribution in [0.15, 0.2) is 36.5 Å². The molecule has 3 fully saturated rings. The number of aryl methyl sites for hydroxylation is 1. The first-order chi connectivity index (χ1) is 27.4. The van der Waals surface area contributed by atoms with Gasteiger partial charge in [-0.15, -0.1) is 0 Å². The van der Waals surface area contributed by atoms with Crippen molar-refractivity contribution in [1.82, 2.24) is 20.5 Å². The third-order valence-corrected chi connectivity index (χ3v) is 12.6. The molecule has 13 atom stereocenters. The molecule has 3 saturated heterocycles. The van der Waals surface area contributed by atoms with Gasteiger partial charge in [0.1, 0.15) is 23.9 Å². The summed E-state index contributed by atoms with van der Waals surface area (Å²) in [6.07, 6.45) is -0.606. The van der Waals surface area contributed by atoms with Crippen LogP contribution in [-0.2, 0) is 44.5 Å². The Morgan fingerprint density at radius 1 is 1.02 bits per heavy atom. The number of carbonyl (C=O) groups is 4. The molecule has 58 heavy (non-hydrogen) atoms. The number of para-hydroxylation sites is 1. The van der Waals surface area contributed by atoms with Crippen molar-refractivity contribution in [2.24, 2.45) is 23.7 Å². The topological polar surface area (TPSA) is 175 Å². The molecule has 4 heterocycles. The van der Waals surface area contributed by atoms with Gasteiger partial charge in [0.15, 0.2) is 17.7 Å². The lowest BCUT2D eigenvalue weighted by Gasteiger charge is -2.47. The monoisotopic (exact) mass is 810 g/mol. The second-order valence-electron chi connectivity index (χ2n) is 17.4. The van der Waals surface area contributed by atoms with Gasteiger partial charge in [0.2, 0.25) is 0 Å². The van der Waals surface area contributed by atoms with Crippen molar-refractivity contribution in [3.05, 3.63) is 42.1 Å². The summed E-state index contributed by atoms with van der Waals surface area (Å²) in [5.74, 6) is -5.00. The number of amides is 1. The number of nitrogens with zero attached hydrogens (tertiary/aromatic N) is 2. The number of ether oxygens (including phenoxy) is 5. The van der Waals surface area contributed by atoms with Gasteiger partial charge in [-0.2, -0.15) is 0 Å². The third kappa shape index (κ3) is 10.1. The first-order valence-corrected chi connectivity index (χ1v) is 21.0. The number of carbonyl (C=O) groups excluding carboxylic acids is 4. The Bertz CT molecular complexity index is 1760. The van der Waals surface area contributed by atoms with Gasteiger partial charge in [-0.25, -0.2) is 4.79 Å². The number of likely N-dealkylation sites (N-methyl/N-ethyl adjacent to an activating group) is 1. The SMILES string of the molecule is CC[C@H]1OC(=O)[C@H](C)C(=O)[C@H](C)[C@@H](O[C@@H]2O[C@H](C)C[C@H](N(C)C)[C@H]2O)[C@](C)(OCCNCCCc2cnc3ccccc3c2)C[C@@H](C)C(=O)[C@H](C)[C@H]2NC(=O)O[C@@]21C. The number of nitrogens with one attached hydrogen (secondary N) is 2. The van der Waals surface area contributed by atoms with Crippen LogP contribution in [0.2, 0.25) is 0 Å². The summed E-state index contributed by atoms with van der Waals surface area (Å²) in [6.45, 7) is 15.3. The molecule has 1 amide bonds. The van der Waals surface area contributed by atoms with E-state index >= 15 is 0 Å². The Hall–Kier alpha value is -3.53. The molecule has 3 aliphatic heterocycles. The fourth-order valence-corrected chi connectivity index (χ4v) is 9.28. The zero-order valence-corrected chi connectivity index (χ0v) is 36.0. The number of Topliss-reactive ketones (excluding diaryl/α,β-unsaturated/α-hetero) is 2. The quantitative estimate of drug-likeness (QED) is 0.154. The second-order valence-corrected chi connectivity index (χ2v) is 17.4. The number of hydrogen-bond acceptors (Lipinski definition) is 13. The van der Waals surface area contributed by atoms with Crippen LogP contribution < -0.4 is 10.6 Å². The molecule has 0 spiro atoms. The van der Waals surface area contributed by atoms with E-state index in [0.717, 1.165) is 29.3 Å². The minimum Gasteiger partial charge on any atom is -0.458 e. The Labute approximate surface area is 343 Å². The van der Waals surface area contributed by atoms with Crippen molar-refractivity contribution in [2.75, 3.05) is 33.8 Å². The van der Waals surface area contributed by atoms with Gasteiger partial charge in [-0.3, -0.25) is 19.4 Å². The summed E-state index contributed by atoms with van der Waals surface area (Å²) in [7, 11) is 3.76. The molecule has 3 aliphatic rings. The van der Waals surface area contributed by atoms with Crippen LogP contribution in [0, 0.1) is 23.7 Å². The number of fused-ring (bicyclic) bond motifs is 2. The maximum atomic E-state index is 14.4. The fraction of sp³-hybridized carbons (Fsp3) is 0.705. The number of hydrogen-bond donors (Lipinski definition) is 3. The van der Waals surface area contributed by atoms with Gasteiger partial charge < -0.3 is 44.3 Å². The van der Waals surface area contributed by atoms with E-state index in [1.54, 1.807) is 34.6 Å². The predicted molar refractivity (Wildman–Crippen MR) is 218 cm³/mol. The van der Waals surface area contributed by atoms with E-state index in [1.165, 1.54) is 6.92 Å². The molecule has 0 unspecified atom stereocenters. The van der Waals surface area contributed by atoms with E-state index in [0.29, 0.717) is 19.5 Å². The lowest BCUT2D eigenvalue weighted by Crippen LogP contribution is -2.60. The molecule has 3 N–H and O–H groups in total. The van der Waals surface area contributed by atoms with Crippen molar-refractivity contribution in [3.8, 4) is 0 Å². The summed E-state index contributed by atoms with van der Waals surface area (Å²) in [6, 6.07) is 9.09. The van der Waals surface area contributed by atoms with E-state index in [1.807, 2.05) is 57.2 Å². The average molecular weight is 811 g/mol. The summed E-state index contributed by atoms with van der Waals surface area (Å²) in [5.41, 5.74) is -0.561. The molecular formula is C44H66N4O10. The normalized spacial score (nSPS) is 36.6. The number of ketones is 2. The fourth-order valence-electron chi connectivity index (χ4n) is 9.28. The molecule has 1 aromatic carbocycles. The van der Waals surface area contributed by atoms with Crippen LogP contribution in [0.1, 0.15) is 86.6 Å². The van der Waals surface area contributed by atoms with Crippen molar-refractivity contribution in [3.63, 3.8) is 0 Å². The molecular weight excluding hydrogens is 745 g/mol. The molecule has 5 rings (SSSR count). The first-order valence-electron chi connectivity index (χ1n) is 21.0. The lowest BCUT2D eigenvalue weighted by atomic mass is 9.73. The van der Waals surface area contributed by atoms with E-state index in [4.69, 9.17) is 23.7 Å². The van der Waals surface area contributed by atoms with Gasteiger partial charge >= 0.3 is 12.1 Å². The standard InChI is InChI=1S/C44H66N4O10/c1-11-34-44(8)38(47-42(53)58-44)27(4)35(49)25(2)23-43(7,54-20-19-45-18-14-15-30-22-31-16-12-13-17-32(31)46-24-30)39(28(5)36(50)29(6)40(52)56-34)57-41-37(51)33(48(9)10)21-26(3)55-41/h12-13,16-17,22,24-29,33-34,37-39,41,45,51H,11,14-15,18-21,23H2,1-10H3,(H,47,53)/t25-,26-,27+,28+,29-,33+,34-,37-,38-,39-,41+,43-,44-/m1/s1. The number of benzene rings is 1. The number of rotatable bonds is 12. The number of esters is 1. The highest BCUT2D eigenvalue weighted by molar-refractivity contribution is 6.00. The van der Waals surface area contributed by atoms with Gasteiger partial charge in [-0.05, 0) is 98.1 Å². The number of aromatic nitrogens is 1. The largest absolute Gasteiger partial charge is 0.458 e. The van der Waals surface area contributed by atoms with E-state index in [-0.39, 0.29) is 37.4 Å². The van der Waals surface area contributed by atoms with E-state index in [2.05, 4.69) is 27.8 Å². The summed E-state index contributed by atoms with van der Waals surface area (Å²) in [5, 5.41) is 19.0. The Balaban J connectivity index is 1.42. The van der Waals surface area contributed by atoms with Gasteiger partial charge in [-0.1, -0.05) is 45.9 Å². The average Bonchev–Trinajstić information content (AvgIpc) is 3.51. The third-order valence-electron chi connectivity index (χ3n) is 12.6. The summed E-state index contributed by atoms with van der Waals surface area (Å²) in [4.78, 5) is 61.9. The lowest BCUT2D eigenvalue weighted by molar-refractivity contribution is -0.297. The van der Waals surface area contributed by atoms with Crippen molar-refractivity contribution >= 4 is 34.5 Å². The van der Waals surface area contributed by atoms with E-state index < -0.39 is 83.4 Å². The highest BCUT2D eigenvalue weighted by atomic mass is 16.7. The van der Waals surface area contributed by atoms with Crippen LogP contribution in [0.5, 0.6) is 0 Å². The van der Waals surface area contributed by atoms with Gasteiger partial charge in [0, 0.05) is 41.9 Å². The number of aliphatic hydroxyl groups excluding tert-OH is 1. The summed E-state index contributed by atoms with van der Waals surface area (Å²) < 4.78 is 31.5. The zero-order valence-electron chi connectivity index (χ0n) is 36.0. The van der Waals surface area contributed by atoms with Crippen LogP contribution in [-0.4, -0.2) is 126 Å². The Kier molecular flexibility index (Phi) is 15.1. The number of alkyl carbamates (subject to hydrolysis) is 1. The van der Waals surface area contributed by atoms with Crippen molar-refractivity contribution in [1.29, 1.82) is 0 Å². The molecule has 14 heteroatoms. The minimum absolute atomic E-state index is 0.122.